The van der Waals surface area contributed by atoms with E-state index in [0.29, 0.717) is 12.1 Å². The number of aromatic nitrogens is 3. The van der Waals surface area contributed by atoms with Crippen molar-refractivity contribution in [3.63, 3.8) is 0 Å². The van der Waals surface area contributed by atoms with Crippen molar-refractivity contribution in [1.29, 1.82) is 0 Å². The van der Waals surface area contributed by atoms with Crippen LogP contribution in [0.25, 0.3) is 0 Å². The molecule has 1 aromatic rings. The molecule has 1 saturated carbocycles. The first kappa shape index (κ1) is 14.0. The molecule has 3 unspecified atom stereocenters. The quantitative estimate of drug-likeness (QED) is 0.883. The van der Waals surface area contributed by atoms with Crippen molar-refractivity contribution in [3.05, 3.63) is 12.2 Å². The van der Waals surface area contributed by atoms with Gasteiger partial charge in [0.05, 0.1) is 6.04 Å². The zero-order valence-corrected chi connectivity index (χ0v) is 12.8. The van der Waals surface area contributed by atoms with E-state index in [1.54, 1.807) is 6.33 Å². The number of rotatable bonds is 4. The van der Waals surface area contributed by atoms with Gasteiger partial charge in [0.2, 0.25) is 0 Å². The Morgan fingerprint density at radius 1 is 1.25 bits per heavy atom. The van der Waals surface area contributed by atoms with Gasteiger partial charge in [0, 0.05) is 25.2 Å². The molecule has 0 spiro atoms. The number of piperidine rings is 1. The average Bonchev–Trinajstić information content (AvgIpc) is 2.91. The number of nitrogens with zero attached hydrogens (tertiary/aromatic N) is 3. The fourth-order valence-electron chi connectivity index (χ4n) is 3.96. The fourth-order valence-corrected chi connectivity index (χ4v) is 3.96. The number of aromatic amines is 1. The van der Waals surface area contributed by atoms with Gasteiger partial charge in [-0.1, -0.05) is 6.42 Å². The molecule has 2 N–H and O–H groups in total. The highest BCUT2D eigenvalue weighted by molar-refractivity contribution is 4.99. The highest BCUT2D eigenvalue weighted by Gasteiger charge is 2.40. The van der Waals surface area contributed by atoms with Gasteiger partial charge in [-0.3, -0.25) is 5.10 Å². The number of hydrogen-bond donors (Lipinski definition) is 2. The van der Waals surface area contributed by atoms with Crippen molar-refractivity contribution in [2.75, 3.05) is 13.1 Å². The van der Waals surface area contributed by atoms with Gasteiger partial charge in [-0.15, -0.1) is 0 Å². The van der Waals surface area contributed by atoms with E-state index >= 15 is 0 Å². The van der Waals surface area contributed by atoms with E-state index in [1.807, 2.05) is 0 Å². The fraction of sp³-hybridized carbons (Fsp3) is 0.867. The van der Waals surface area contributed by atoms with E-state index in [0.717, 1.165) is 17.7 Å². The Bertz CT molecular complexity index is 402. The lowest BCUT2D eigenvalue weighted by atomic mass is 9.73. The molecule has 3 rings (SSSR count). The maximum absolute atomic E-state index is 4.28. The maximum Gasteiger partial charge on any atom is 0.141 e. The van der Waals surface area contributed by atoms with Crippen LogP contribution in [0.5, 0.6) is 0 Å². The van der Waals surface area contributed by atoms with Crippen molar-refractivity contribution in [2.24, 2.45) is 11.8 Å². The molecule has 2 bridgehead atoms. The summed E-state index contributed by atoms with van der Waals surface area (Å²) in [6.45, 7) is 9.32. The van der Waals surface area contributed by atoms with Gasteiger partial charge < -0.3 is 10.2 Å². The number of H-pyrrole nitrogens is 1. The lowest BCUT2D eigenvalue weighted by Gasteiger charge is -2.49. The SMILES string of the molecule is CC(NC1C2CCCC1CN(C(C)C)C2)c1ncn[nH]1. The van der Waals surface area contributed by atoms with Gasteiger partial charge in [-0.2, -0.15) is 5.10 Å². The van der Waals surface area contributed by atoms with Gasteiger partial charge in [-0.25, -0.2) is 4.98 Å². The molecule has 20 heavy (non-hydrogen) atoms. The van der Waals surface area contributed by atoms with E-state index in [2.05, 4.69) is 46.2 Å². The van der Waals surface area contributed by atoms with Crippen LogP contribution in [0.15, 0.2) is 6.33 Å². The van der Waals surface area contributed by atoms with Crippen LogP contribution in [-0.4, -0.2) is 45.3 Å². The molecule has 2 heterocycles. The molecule has 5 nitrogen and oxygen atoms in total. The second-order valence-electron chi connectivity index (χ2n) is 6.78. The minimum atomic E-state index is 0.260. The lowest BCUT2D eigenvalue weighted by molar-refractivity contribution is 0.0253. The van der Waals surface area contributed by atoms with Gasteiger partial charge in [0.25, 0.3) is 0 Å². The van der Waals surface area contributed by atoms with Crippen molar-refractivity contribution in [1.82, 2.24) is 25.4 Å². The van der Waals surface area contributed by atoms with Crippen LogP contribution in [0, 0.1) is 11.8 Å². The molecule has 1 aliphatic heterocycles. The number of nitrogens with one attached hydrogen (secondary N) is 2. The summed E-state index contributed by atoms with van der Waals surface area (Å²) in [5, 5.41) is 10.8. The van der Waals surface area contributed by atoms with Gasteiger partial charge in [0.15, 0.2) is 0 Å². The summed E-state index contributed by atoms with van der Waals surface area (Å²) >= 11 is 0. The van der Waals surface area contributed by atoms with Crippen LogP contribution in [0.4, 0.5) is 0 Å². The van der Waals surface area contributed by atoms with Gasteiger partial charge in [0.1, 0.15) is 12.2 Å². The molecule has 1 aliphatic carbocycles. The monoisotopic (exact) mass is 277 g/mol. The summed E-state index contributed by atoms with van der Waals surface area (Å²) < 4.78 is 0. The second-order valence-corrected chi connectivity index (χ2v) is 6.78. The summed E-state index contributed by atoms with van der Waals surface area (Å²) in [6, 6.07) is 1.57. The predicted molar refractivity (Wildman–Crippen MR) is 79.3 cm³/mol. The molecule has 0 radical (unpaired) electrons. The molecule has 5 heteroatoms. The first-order valence-electron chi connectivity index (χ1n) is 8.00. The van der Waals surface area contributed by atoms with Crippen LogP contribution in [0.3, 0.4) is 0 Å². The van der Waals surface area contributed by atoms with E-state index in [-0.39, 0.29) is 6.04 Å². The number of likely N-dealkylation sites (tertiary alicyclic amines) is 1. The highest BCUT2D eigenvalue weighted by atomic mass is 15.2. The van der Waals surface area contributed by atoms with Crippen molar-refractivity contribution < 1.29 is 0 Å². The smallest absolute Gasteiger partial charge is 0.141 e. The minimum absolute atomic E-state index is 0.260. The molecule has 1 aromatic heterocycles. The standard InChI is InChI=1S/C15H27N5/c1-10(2)20-7-12-5-4-6-13(8-20)14(12)18-11(3)15-16-9-17-19-15/h9-14,18H,4-8H2,1-3H3,(H,16,17,19). The zero-order chi connectivity index (χ0) is 14.1. The Morgan fingerprint density at radius 3 is 2.50 bits per heavy atom. The summed E-state index contributed by atoms with van der Waals surface area (Å²) in [5.41, 5.74) is 0. The van der Waals surface area contributed by atoms with E-state index in [4.69, 9.17) is 0 Å². The summed E-state index contributed by atoms with van der Waals surface area (Å²) in [7, 11) is 0. The molecular weight excluding hydrogens is 250 g/mol. The molecule has 112 valence electrons. The average molecular weight is 277 g/mol. The van der Waals surface area contributed by atoms with E-state index in [1.165, 1.54) is 32.4 Å². The lowest BCUT2D eigenvalue weighted by Crippen LogP contribution is -2.58. The second kappa shape index (κ2) is 5.82. The minimum Gasteiger partial charge on any atom is -0.304 e. The third kappa shape index (κ3) is 2.74. The van der Waals surface area contributed by atoms with E-state index in [9.17, 15) is 0 Å². The van der Waals surface area contributed by atoms with Crippen LogP contribution < -0.4 is 5.32 Å². The largest absolute Gasteiger partial charge is 0.304 e. The van der Waals surface area contributed by atoms with Crippen molar-refractivity contribution >= 4 is 0 Å². The number of fused-ring (bicyclic) bond motifs is 2. The molecule has 2 fully saturated rings. The molecule has 1 saturated heterocycles. The normalized spacial score (nSPS) is 32.5. The van der Waals surface area contributed by atoms with Crippen LogP contribution in [-0.2, 0) is 0 Å². The third-order valence-electron chi connectivity index (χ3n) is 5.12. The Kier molecular flexibility index (Phi) is 4.08. The van der Waals surface area contributed by atoms with Crippen molar-refractivity contribution in [3.8, 4) is 0 Å². The molecular formula is C15H27N5. The Hall–Kier alpha value is -0.940. The summed E-state index contributed by atoms with van der Waals surface area (Å²) in [4.78, 5) is 6.94. The first-order valence-corrected chi connectivity index (χ1v) is 8.00. The third-order valence-corrected chi connectivity index (χ3v) is 5.12. The van der Waals surface area contributed by atoms with Crippen LogP contribution in [0.2, 0.25) is 0 Å². The molecule has 0 aromatic carbocycles. The van der Waals surface area contributed by atoms with Gasteiger partial charge >= 0.3 is 0 Å². The van der Waals surface area contributed by atoms with Crippen LogP contribution in [0.1, 0.15) is 51.9 Å². The van der Waals surface area contributed by atoms with Crippen molar-refractivity contribution in [2.45, 2.75) is 58.2 Å². The van der Waals surface area contributed by atoms with E-state index < -0.39 is 0 Å². The first-order chi connectivity index (χ1) is 9.65. The summed E-state index contributed by atoms with van der Waals surface area (Å²) in [5.74, 6) is 2.53. The number of hydrogen-bond acceptors (Lipinski definition) is 4. The molecule has 0 amide bonds. The predicted octanol–water partition coefficient (Wildman–Crippen LogP) is 1.96. The molecule has 2 aliphatic rings. The Morgan fingerprint density at radius 2 is 1.95 bits per heavy atom. The summed E-state index contributed by atoms with van der Waals surface area (Å²) in [6.07, 6.45) is 5.72. The Labute approximate surface area is 121 Å². The maximum atomic E-state index is 4.28. The van der Waals surface area contributed by atoms with Gasteiger partial charge in [-0.05, 0) is 45.4 Å². The van der Waals surface area contributed by atoms with Crippen LogP contribution >= 0.6 is 0 Å². The topological polar surface area (TPSA) is 56.8 Å². The molecule has 3 atom stereocenters. The Balaban J connectivity index is 1.67. The zero-order valence-electron chi connectivity index (χ0n) is 12.8. The highest BCUT2D eigenvalue weighted by Crippen LogP contribution is 2.36.